The molecule has 2 heterocycles. The number of nitrogens with one attached hydrogen (secondary N) is 2. The van der Waals surface area contributed by atoms with Crippen molar-refractivity contribution in [2.45, 2.75) is 25.3 Å². The fraction of sp³-hybridized carbons (Fsp3) is 0.455. The average Bonchev–Trinajstić information content (AvgIpc) is 2.57. The van der Waals surface area contributed by atoms with Crippen LogP contribution in [0.3, 0.4) is 0 Å². The van der Waals surface area contributed by atoms with Gasteiger partial charge in [0.2, 0.25) is 17.5 Å². The highest BCUT2D eigenvalue weighted by atomic mass is 19.2. The number of rotatable bonds is 2. The summed E-state index contributed by atoms with van der Waals surface area (Å²) in [5.74, 6) is -7.26. The number of carbonyl (C=O) groups excluding carboxylic acids is 1. The third-order valence-corrected chi connectivity index (χ3v) is 2.85. The SMILES string of the molecule is O=C1NCCCCC1Nc1c(F)c(F)nc(F)c1F. The summed E-state index contributed by atoms with van der Waals surface area (Å²) in [6.45, 7) is 0.459. The van der Waals surface area contributed by atoms with Gasteiger partial charge in [0, 0.05) is 6.54 Å². The third kappa shape index (κ3) is 2.77. The van der Waals surface area contributed by atoms with Crippen molar-refractivity contribution >= 4 is 11.6 Å². The third-order valence-electron chi connectivity index (χ3n) is 2.85. The molecule has 8 heteroatoms. The van der Waals surface area contributed by atoms with E-state index in [1.165, 1.54) is 0 Å². The molecule has 4 nitrogen and oxygen atoms in total. The number of nitrogens with zero attached hydrogens (tertiary/aromatic N) is 1. The van der Waals surface area contributed by atoms with E-state index in [-0.39, 0.29) is 0 Å². The highest BCUT2D eigenvalue weighted by Crippen LogP contribution is 2.24. The molecule has 2 N–H and O–H groups in total. The first-order valence-corrected chi connectivity index (χ1v) is 5.75. The number of carbonyl (C=O) groups is 1. The molecule has 1 aromatic rings. The molecule has 0 aliphatic carbocycles. The van der Waals surface area contributed by atoms with Gasteiger partial charge in [-0.2, -0.15) is 22.5 Å². The fourth-order valence-corrected chi connectivity index (χ4v) is 1.87. The van der Waals surface area contributed by atoms with Crippen LogP contribution >= 0.6 is 0 Å². The summed E-state index contributed by atoms with van der Waals surface area (Å²) in [5, 5.41) is 4.74. The summed E-state index contributed by atoms with van der Waals surface area (Å²) < 4.78 is 52.6. The minimum atomic E-state index is -1.75. The molecule has 0 aromatic carbocycles. The van der Waals surface area contributed by atoms with Crippen LogP contribution in [0.4, 0.5) is 23.2 Å². The molecule has 1 saturated heterocycles. The van der Waals surface area contributed by atoms with Crippen molar-refractivity contribution in [3.05, 3.63) is 23.5 Å². The van der Waals surface area contributed by atoms with Crippen molar-refractivity contribution < 1.29 is 22.4 Å². The molecular weight excluding hydrogens is 266 g/mol. The monoisotopic (exact) mass is 277 g/mol. The van der Waals surface area contributed by atoms with Crippen molar-refractivity contribution in [2.24, 2.45) is 0 Å². The molecule has 0 radical (unpaired) electrons. The summed E-state index contributed by atoms with van der Waals surface area (Å²) in [6, 6.07) is -0.937. The zero-order valence-electron chi connectivity index (χ0n) is 9.77. The van der Waals surface area contributed by atoms with Crippen molar-refractivity contribution in [3.8, 4) is 0 Å². The minimum Gasteiger partial charge on any atom is -0.369 e. The summed E-state index contributed by atoms with van der Waals surface area (Å²) in [5.41, 5.74) is -1.01. The maximum atomic E-state index is 13.4. The Bertz CT molecular complexity index is 483. The molecule has 1 fully saturated rings. The normalized spacial score (nSPS) is 19.8. The van der Waals surface area contributed by atoms with E-state index in [0.29, 0.717) is 19.4 Å². The Hall–Kier alpha value is -1.86. The van der Waals surface area contributed by atoms with Gasteiger partial charge in [-0.1, -0.05) is 0 Å². The maximum Gasteiger partial charge on any atom is 0.253 e. The first-order chi connectivity index (χ1) is 9.00. The van der Waals surface area contributed by atoms with Crippen LogP contribution in [0, 0.1) is 23.5 Å². The average molecular weight is 277 g/mol. The standard InChI is InChI=1S/C11H11F4N3O/c12-6-8(7(13)10(15)18-9(6)14)17-5-3-1-2-4-16-11(5)19/h5H,1-4H2,(H,16,19)(H,17,18). The van der Waals surface area contributed by atoms with Crippen molar-refractivity contribution in [1.29, 1.82) is 0 Å². The Labute approximate surface area is 106 Å². The van der Waals surface area contributed by atoms with E-state index in [4.69, 9.17) is 0 Å². The van der Waals surface area contributed by atoms with E-state index >= 15 is 0 Å². The molecule has 2 rings (SSSR count). The highest BCUT2D eigenvalue weighted by molar-refractivity contribution is 5.84. The Morgan fingerprint density at radius 2 is 1.74 bits per heavy atom. The predicted octanol–water partition coefficient (Wildman–Crippen LogP) is 1.72. The first-order valence-electron chi connectivity index (χ1n) is 5.75. The van der Waals surface area contributed by atoms with Gasteiger partial charge >= 0.3 is 0 Å². The molecule has 19 heavy (non-hydrogen) atoms. The molecule has 1 aliphatic heterocycles. The number of aromatic nitrogens is 1. The lowest BCUT2D eigenvalue weighted by atomic mass is 10.1. The van der Waals surface area contributed by atoms with Crippen LogP contribution in [0.5, 0.6) is 0 Å². The van der Waals surface area contributed by atoms with Crippen LogP contribution in [0.25, 0.3) is 0 Å². The highest BCUT2D eigenvalue weighted by Gasteiger charge is 2.26. The van der Waals surface area contributed by atoms with Gasteiger partial charge in [-0.05, 0) is 19.3 Å². The van der Waals surface area contributed by atoms with Crippen molar-refractivity contribution in [1.82, 2.24) is 10.3 Å². The lowest BCUT2D eigenvalue weighted by Crippen LogP contribution is -2.38. The second-order valence-corrected chi connectivity index (χ2v) is 4.18. The number of halogens is 4. The van der Waals surface area contributed by atoms with Gasteiger partial charge in [0.15, 0.2) is 0 Å². The minimum absolute atomic E-state index is 0.316. The molecule has 0 saturated carbocycles. The summed E-state index contributed by atoms with van der Waals surface area (Å²) in [4.78, 5) is 14.0. The van der Waals surface area contributed by atoms with Gasteiger partial charge in [-0.15, -0.1) is 0 Å². The van der Waals surface area contributed by atoms with Gasteiger partial charge in [-0.3, -0.25) is 4.79 Å². The lowest BCUT2D eigenvalue weighted by molar-refractivity contribution is -0.121. The number of amides is 1. The van der Waals surface area contributed by atoms with Crippen LogP contribution < -0.4 is 10.6 Å². The molecule has 1 aromatic heterocycles. The van der Waals surface area contributed by atoms with Crippen molar-refractivity contribution in [2.75, 3.05) is 11.9 Å². The molecule has 1 aliphatic rings. The van der Waals surface area contributed by atoms with E-state index in [0.717, 1.165) is 6.42 Å². The lowest BCUT2D eigenvalue weighted by Gasteiger charge is -2.17. The van der Waals surface area contributed by atoms with E-state index in [9.17, 15) is 22.4 Å². The largest absolute Gasteiger partial charge is 0.369 e. The molecule has 0 spiro atoms. The van der Waals surface area contributed by atoms with Crippen LogP contribution in [0.1, 0.15) is 19.3 Å². The Morgan fingerprint density at radius 1 is 1.11 bits per heavy atom. The summed E-state index contributed by atoms with van der Waals surface area (Å²) >= 11 is 0. The molecule has 104 valence electrons. The molecular formula is C11H11F4N3O. The second-order valence-electron chi connectivity index (χ2n) is 4.18. The number of pyridine rings is 1. The summed E-state index contributed by atoms with van der Waals surface area (Å²) in [7, 11) is 0. The van der Waals surface area contributed by atoms with Gasteiger partial charge in [-0.25, -0.2) is 0 Å². The Kier molecular flexibility index (Phi) is 3.87. The predicted molar refractivity (Wildman–Crippen MR) is 58.3 cm³/mol. The first kappa shape index (κ1) is 13.6. The number of hydrogen-bond acceptors (Lipinski definition) is 3. The van der Waals surface area contributed by atoms with E-state index in [1.807, 2.05) is 0 Å². The molecule has 0 bridgehead atoms. The smallest absolute Gasteiger partial charge is 0.253 e. The zero-order chi connectivity index (χ0) is 14.0. The zero-order valence-corrected chi connectivity index (χ0v) is 9.77. The van der Waals surface area contributed by atoms with Crippen LogP contribution in [-0.2, 0) is 4.79 Å². The Balaban J connectivity index is 2.29. The topological polar surface area (TPSA) is 54.0 Å². The molecule has 1 unspecified atom stereocenters. The summed E-state index contributed by atoms with van der Waals surface area (Å²) in [6.07, 6.45) is 1.69. The maximum absolute atomic E-state index is 13.4. The quantitative estimate of drug-likeness (QED) is 0.639. The van der Waals surface area contributed by atoms with Crippen LogP contribution in [0.15, 0.2) is 0 Å². The van der Waals surface area contributed by atoms with Crippen LogP contribution in [-0.4, -0.2) is 23.5 Å². The number of anilines is 1. The van der Waals surface area contributed by atoms with Crippen molar-refractivity contribution in [3.63, 3.8) is 0 Å². The van der Waals surface area contributed by atoms with Gasteiger partial charge in [0.1, 0.15) is 11.7 Å². The van der Waals surface area contributed by atoms with Gasteiger partial charge < -0.3 is 10.6 Å². The second kappa shape index (κ2) is 5.41. The van der Waals surface area contributed by atoms with Gasteiger partial charge in [0.25, 0.3) is 11.9 Å². The Morgan fingerprint density at radius 3 is 2.37 bits per heavy atom. The van der Waals surface area contributed by atoms with E-state index < -0.39 is 41.2 Å². The van der Waals surface area contributed by atoms with E-state index in [1.54, 1.807) is 0 Å². The van der Waals surface area contributed by atoms with Crippen LogP contribution in [0.2, 0.25) is 0 Å². The van der Waals surface area contributed by atoms with E-state index in [2.05, 4.69) is 15.6 Å². The van der Waals surface area contributed by atoms with Gasteiger partial charge in [0.05, 0.1) is 0 Å². The number of hydrogen-bond donors (Lipinski definition) is 2. The molecule has 1 atom stereocenters. The fourth-order valence-electron chi connectivity index (χ4n) is 1.87. The molecule has 1 amide bonds.